The average Bonchev–Trinajstić information content (AvgIpc) is 1.87. The molecule has 0 radical (unpaired) electrons. The Balaban J connectivity index is 3.34. The Bertz CT molecular complexity index is 99.0. The first-order valence-electron chi connectivity index (χ1n) is 2.61. The van der Waals surface area contributed by atoms with Crippen molar-refractivity contribution in [3.8, 4) is 0 Å². The van der Waals surface area contributed by atoms with Crippen molar-refractivity contribution in [2.24, 2.45) is 0 Å². The molecule has 2 nitrogen and oxygen atoms in total. The Morgan fingerprint density at radius 2 is 2.44 bits per heavy atom. The molecule has 0 rings (SSSR count). The van der Waals surface area contributed by atoms with Crippen molar-refractivity contribution in [3.05, 3.63) is 0 Å². The van der Waals surface area contributed by atoms with Crippen LogP contribution in [0.3, 0.4) is 0 Å². The van der Waals surface area contributed by atoms with E-state index in [1.165, 1.54) is 11.8 Å². The molecule has 1 N–H and O–H groups in total. The van der Waals surface area contributed by atoms with Gasteiger partial charge >= 0.3 is 0 Å². The largest absolute Gasteiger partial charge is 0.344 e. The highest BCUT2D eigenvalue weighted by Crippen LogP contribution is 1.96. The minimum atomic E-state index is 0.0296. The zero-order valence-electron chi connectivity index (χ0n) is 5.48. The number of amides is 1. The first-order chi connectivity index (χ1) is 4.20. The lowest BCUT2D eigenvalue weighted by molar-refractivity contribution is 0.259. The van der Waals surface area contributed by atoms with Gasteiger partial charge in [0.25, 0.3) is 5.24 Å². The van der Waals surface area contributed by atoms with Crippen molar-refractivity contribution >= 4 is 32.9 Å². The lowest BCUT2D eigenvalue weighted by Gasteiger charge is -2.07. The van der Waals surface area contributed by atoms with E-state index in [1.807, 2.05) is 6.92 Å². The van der Waals surface area contributed by atoms with E-state index in [0.717, 1.165) is 5.33 Å². The van der Waals surface area contributed by atoms with Gasteiger partial charge in [-0.05, 0) is 13.2 Å². The number of carbonyl (C=O) groups excluding carboxylic acids is 1. The molecule has 0 spiro atoms. The predicted octanol–water partition coefficient (Wildman–Crippen LogP) is 1.84. The van der Waals surface area contributed by atoms with Gasteiger partial charge in [0.15, 0.2) is 0 Å². The van der Waals surface area contributed by atoms with Gasteiger partial charge in [-0.25, -0.2) is 0 Å². The van der Waals surface area contributed by atoms with E-state index in [1.54, 1.807) is 6.26 Å². The maximum atomic E-state index is 10.6. The molecule has 0 saturated heterocycles. The third-order valence-electron chi connectivity index (χ3n) is 0.781. The number of carbonyl (C=O) groups is 1. The Kier molecular flexibility index (Phi) is 5.28. The van der Waals surface area contributed by atoms with Crippen molar-refractivity contribution in [2.75, 3.05) is 11.6 Å². The van der Waals surface area contributed by atoms with E-state index < -0.39 is 0 Å². The van der Waals surface area contributed by atoms with Crippen LogP contribution < -0.4 is 5.32 Å². The second-order valence-corrected chi connectivity index (χ2v) is 3.12. The molecule has 4 heteroatoms. The van der Waals surface area contributed by atoms with Gasteiger partial charge in [0.05, 0.1) is 0 Å². The maximum Gasteiger partial charge on any atom is 0.279 e. The smallest absolute Gasteiger partial charge is 0.279 e. The van der Waals surface area contributed by atoms with Crippen molar-refractivity contribution in [1.82, 2.24) is 5.32 Å². The van der Waals surface area contributed by atoms with Gasteiger partial charge in [-0.1, -0.05) is 27.7 Å². The second kappa shape index (κ2) is 5.11. The molecule has 0 aromatic heterocycles. The number of hydrogen-bond donors (Lipinski definition) is 1. The molecule has 0 bridgehead atoms. The van der Waals surface area contributed by atoms with Crippen LogP contribution in [0.4, 0.5) is 4.79 Å². The van der Waals surface area contributed by atoms with Crippen molar-refractivity contribution in [3.63, 3.8) is 0 Å². The first-order valence-corrected chi connectivity index (χ1v) is 4.95. The molecule has 0 aliphatic rings. The number of rotatable bonds is 2. The lowest BCUT2D eigenvalue weighted by atomic mass is 10.4. The molecule has 54 valence electrons. The molecule has 0 saturated carbocycles. The highest BCUT2D eigenvalue weighted by Gasteiger charge is 2.01. The van der Waals surface area contributed by atoms with E-state index in [4.69, 9.17) is 0 Å². The van der Waals surface area contributed by atoms with E-state index in [0.29, 0.717) is 0 Å². The minimum absolute atomic E-state index is 0.0296. The van der Waals surface area contributed by atoms with E-state index in [-0.39, 0.29) is 11.3 Å². The van der Waals surface area contributed by atoms with Gasteiger partial charge in [-0.3, -0.25) is 4.79 Å². The fourth-order valence-electron chi connectivity index (χ4n) is 0.299. The number of alkyl halides is 1. The fraction of sp³-hybridized carbons (Fsp3) is 0.800. The van der Waals surface area contributed by atoms with Crippen LogP contribution in [0.15, 0.2) is 0 Å². The highest BCUT2D eigenvalue weighted by molar-refractivity contribution is 9.09. The van der Waals surface area contributed by atoms with Gasteiger partial charge in [0.1, 0.15) is 0 Å². The number of hydrogen-bond acceptors (Lipinski definition) is 2. The summed E-state index contributed by atoms with van der Waals surface area (Å²) in [6.45, 7) is 1.95. The predicted molar refractivity (Wildman–Crippen MR) is 45.3 cm³/mol. The summed E-state index contributed by atoms with van der Waals surface area (Å²) >= 11 is 4.45. The Morgan fingerprint density at radius 3 is 2.78 bits per heavy atom. The van der Waals surface area contributed by atoms with Crippen LogP contribution in [0.5, 0.6) is 0 Å². The van der Waals surface area contributed by atoms with Crippen LogP contribution in [-0.2, 0) is 0 Å². The molecule has 0 unspecified atom stereocenters. The molecule has 0 heterocycles. The molecular formula is C5H10BrNOS. The molecule has 0 aromatic carbocycles. The highest BCUT2D eigenvalue weighted by atomic mass is 79.9. The van der Waals surface area contributed by atoms with Crippen LogP contribution >= 0.6 is 27.7 Å². The topological polar surface area (TPSA) is 29.1 Å². The van der Waals surface area contributed by atoms with Crippen LogP contribution in [0, 0.1) is 0 Å². The Morgan fingerprint density at radius 1 is 1.89 bits per heavy atom. The van der Waals surface area contributed by atoms with Crippen LogP contribution in [-0.4, -0.2) is 22.9 Å². The van der Waals surface area contributed by atoms with E-state index in [2.05, 4.69) is 21.2 Å². The average molecular weight is 212 g/mol. The molecule has 1 amide bonds. The number of nitrogens with one attached hydrogen (secondary N) is 1. The quantitative estimate of drug-likeness (QED) is 0.707. The summed E-state index contributed by atoms with van der Waals surface area (Å²) < 4.78 is 0. The molecule has 0 aliphatic heterocycles. The SMILES string of the molecule is CSC(=O)N[C@@H](C)CBr. The third kappa shape index (κ3) is 4.78. The van der Waals surface area contributed by atoms with Gasteiger partial charge in [-0.15, -0.1) is 0 Å². The number of halogens is 1. The molecule has 0 aromatic rings. The van der Waals surface area contributed by atoms with Gasteiger partial charge in [0.2, 0.25) is 0 Å². The maximum absolute atomic E-state index is 10.6. The first kappa shape index (κ1) is 9.30. The summed E-state index contributed by atoms with van der Waals surface area (Å²) in [6, 6.07) is 0.227. The lowest BCUT2D eigenvalue weighted by Crippen LogP contribution is -2.30. The van der Waals surface area contributed by atoms with Crippen molar-refractivity contribution in [2.45, 2.75) is 13.0 Å². The van der Waals surface area contributed by atoms with E-state index in [9.17, 15) is 4.79 Å². The van der Waals surface area contributed by atoms with Crippen molar-refractivity contribution in [1.29, 1.82) is 0 Å². The Hall–Kier alpha value is 0.300. The molecular weight excluding hydrogens is 202 g/mol. The normalized spacial score (nSPS) is 12.8. The summed E-state index contributed by atoms with van der Waals surface area (Å²) in [5.41, 5.74) is 0. The number of thioether (sulfide) groups is 1. The minimum Gasteiger partial charge on any atom is -0.344 e. The summed E-state index contributed by atoms with van der Waals surface area (Å²) in [5, 5.41) is 3.59. The van der Waals surface area contributed by atoms with Crippen LogP contribution in [0.2, 0.25) is 0 Å². The monoisotopic (exact) mass is 211 g/mol. The Labute approximate surface area is 67.9 Å². The van der Waals surface area contributed by atoms with Gasteiger partial charge < -0.3 is 5.32 Å². The summed E-state index contributed by atoms with van der Waals surface area (Å²) in [6.07, 6.45) is 1.76. The van der Waals surface area contributed by atoms with Crippen LogP contribution in [0.1, 0.15) is 6.92 Å². The molecule has 9 heavy (non-hydrogen) atoms. The van der Waals surface area contributed by atoms with Crippen LogP contribution in [0.25, 0.3) is 0 Å². The standard InChI is InChI=1S/C5H10BrNOS/c1-4(3-6)7-5(8)9-2/h4H,3H2,1-2H3,(H,7,8)/t4-/m0/s1. The second-order valence-electron chi connectivity index (χ2n) is 1.69. The van der Waals surface area contributed by atoms with Gasteiger partial charge in [-0.2, -0.15) is 0 Å². The molecule has 0 aliphatic carbocycles. The van der Waals surface area contributed by atoms with Gasteiger partial charge in [0, 0.05) is 11.4 Å². The summed E-state index contributed by atoms with van der Waals surface area (Å²) in [5.74, 6) is 0. The van der Waals surface area contributed by atoms with E-state index >= 15 is 0 Å². The summed E-state index contributed by atoms with van der Waals surface area (Å²) in [4.78, 5) is 10.6. The zero-order valence-corrected chi connectivity index (χ0v) is 7.88. The molecule has 1 atom stereocenters. The molecule has 0 fully saturated rings. The summed E-state index contributed by atoms with van der Waals surface area (Å²) in [7, 11) is 0. The third-order valence-corrected chi connectivity index (χ3v) is 2.24. The fourth-order valence-corrected chi connectivity index (χ4v) is 0.780. The van der Waals surface area contributed by atoms with Crippen molar-refractivity contribution < 1.29 is 4.79 Å². The zero-order chi connectivity index (χ0) is 7.28.